The Kier molecular flexibility index (Phi) is 5.90. The van der Waals surface area contributed by atoms with E-state index >= 15 is 0 Å². The van der Waals surface area contributed by atoms with Gasteiger partial charge in [0.1, 0.15) is 0 Å². The highest BCUT2D eigenvalue weighted by Gasteiger charge is 2.22. The zero-order valence-electron chi connectivity index (χ0n) is 12.2. The Hall–Kier alpha value is -0.120. The van der Waals surface area contributed by atoms with E-state index < -0.39 is 0 Å². The zero-order valence-corrected chi connectivity index (χ0v) is 12.2. The molecule has 0 aromatic carbocycles. The van der Waals surface area contributed by atoms with Crippen LogP contribution in [0.4, 0.5) is 0 Å². The summed E-state index contributed by atoms with van der Waals surface area (Å²) in [7, 11) is 0. The third-order valence-corrected chi connectivity index (χ3v) is 3.87. The molecule has 1 atom stereocenters. The van der Waals surface area contributed by atoms with Gasteiger partial charge < -0.3 is 15.5 Å². The Morgan fingerprint density at radius 1 is 1.00 bits per heavy atom. The summed E-state index contributed by atoms with van der Waals surface area (Å²) in [6.45, 7) is 16.3. The highest BCUT2D eigenvalue weighted by Crippen LogP contribution is 2.20. The number of nitrogens with zero attached hydrogens (tertiary/aromatic N) is 2. The molecule has 0 radical (unpaired) electrons. The van der Waals surface area contributed by atoms with E-state index in [0.29, 0.717) is 6.04 Å². The topological polar surface area (TPSA) is 32.5 Å². The molecule has 3 nitrogen and oxygen atoms in total. The summed E-state index contributed by atoms with van der Waals surface area (Å²) in [5, 5.41) is 0. The average Bonchev–Trinajstić information content (AvgIpc) is 2.27. The molecule has 0 aromatic heterocycles. The Morgan fingerprint density at radius 3 is 1.88 bits per heavy atom. The Bertz CT molecular complexity index is 202. The molecule has 0 aromatic rings. The first-order valence-corrected chi connectivity index (χ1v) is 7.13. The van der Waals surface area contributed by atoms with Gasteiger partial charge in [0.2, 0.25) is 0 Å². The molecule has 3 heteroatoms. The fraction of sp³-hybridized carbons (Fsp3) is 1.00. The van der Waals surface area contributed by atoms with Crippen molar-refractivity contribution in [2.24, 2.45) is 11.1 Å². The first-order valence-electron chi connectivity index (χ1n) is 7.13. The molecule has 17 heavy (non-hydrogen) atoms. The van der Waals surface area contributed by atoms with Crippen LogP contribution in [0.3, 0.4) is 0 Å². The van der Waals surface area contributed by atoms with Crippen molar-refractivity contribution in [2.75, 3.05) is 39.3 Å². The van der Waals surface area contributed by atoms with Crippen LogP contribution in [-0.2, 0) is 0 Å². The lowest BCUT2D eigenvalue weighted by Gasteiger charge is -2.36. The molecule has 1 aliphatic heterocycles. The van der Waals surface area contributed by atoms with Crippen LogP contribution in [-0.4, -0.2) is 55.1 Å². The van der Waals surface area contributed by atoms with Gasteiger partial charge in [0.25, 0.3) is 0 Å². The lowest BCUT2D eigenvalue weighted by molar-refractivity contribution is 0.124. The van der Waals surface area contributed by atoms with Gasteiger partial charge in [-0.3, -0.25) is 0 Å². The molecule has 1 aliphatic rings. The number of hydrogen-bond donors (Lipinski definition) is 1. The monoisotopic (exact) mass is 241 g/mol. The molecule has 1 fully saturated rings. The zero-order chi connectivity index (χ0) is 12.9. The van der Waals surface area contributed by atoms with Crippen LogP contribution < -0.4 is 5.73 Å². The van der Waals surface area contributed by atoms with Crippen LogP contribution >= 0.6 is 0 Å². The minimum absolute atomic E-state index is 0.240. The highest BCUT2D eigenvalue weighted by atomic mass is 15.3. The van der Waals surface area contributed by atoms with Crippen molar-refractivity contribution < 1.29 is 0 Å². The van der Waals surface area contributed by atoms with Crippen molar-refractivity contribution in [1.82, 2.24) is 9.80 Å². The SMILES string of the molecule is CCCN1CCN(CCC(N)C(C)(C)C)CC1. The van der Waals surface area contributed by atoms with Gasteiger partial charge >= 0.3 is 0 Å². The second-order valence-corrected chi connectivity index (χ2v) is 6.44. The van der Waals surface area contributed by atoms with E-state index in [1.165, 1.54) is 45.7 Å². The molecule has 0 aliphatic carbocycles. The maximum absolute atomic E-state index is 6.21. The molecule has 0 spiro atoms. The second-order valence-electron chi connectivity index (χ2n) is 6.44. The standard InChI is InChI=1S/C14H31N3/c1-5-7-16-9-11-17(12-10-16)8-6-13(15)14(2,3)4/h13H,5-12,15H2,1-4H3. The van der Waals surface area contributed by atoms with Crippen LogP contribution in [0.2, 0.25) is 0 Å². The molecule has 0 saturated carbocycles. The molecule has 0 bridgehead atoms. The molecule has 2 N–H and O–H groups in total. The van der Waals surface area contributed by atoms with E-state index in [1.54, 1.807) is 0 Å². The largest absolute Gasteiger partial charge is 0.327 e. The summed E-state index contributed by atoms with van der Waals surface area (Å²) in [4.78, 5) is 5.14. The normalized spacial score (nSPS) is 21.7. The summed E-state index contributed by atoms with van der Waals surface area (Å²) >= 11 is 0. The molecule has 1 rings (SSSR count). The van der Waals surface area contributed by atoms with Gasteiger partial charge in [-0.05, 0) is 31.3 Å². The fourth-order valence-corrected chi connectivity index (χ4v) is 2.31. The van der Waals surface area contributed by atoms with Crippen LogP contribution in [0.1, 0.15) is 40.5 Å². The van der Waals surface area contributed by atoms with E-state index in [2.05, 4.69) is 37.5 Å². The van der Waals surface area contributed by atoms with Gasteiger partial charge in [0, 0.05) is 32.2 Å². The van der Waals surface area contributed by atoms with E-state index in [-0.39, 0.29) is 5.41 Å². The number of rotatable bonds is 5. The maximum atomic E-state index is 6.21. The van der Waals surface area contributed by atoms with Crippen LogP contribution in [0.5, 0.6) is 0 Å². The first kappa shape index (κ1) is 14.9. The van der Waals surface area contributed by atoms with E-state index in [0.717, 1.165) is 6.42 Å². The van der Waals surface area contributed by atoms with Gasteiger partial charge in [0.15, 0.2) is 0 Å². The number of nitrogens with two attached hydrogens (primary N) is 1. The molecule has 0 amide bonds. The van der Waals surface area contributed by atoms with Crippen LogP contribution in [0, 0.1) is 5.41 Å². The quantitative estimate of drug-likeness (QED) is 0.796. The number of piperazine rings is 1. The first-order chi connectivity index (χ1) is 7.93. The lowest BCUT2D eigenvalue weighted by atomic mass is 9.85. The minimum atomic E-state index is 0.240. The molecular weight excluding hydrogens is 210 g/mol. The van der Waals surface area contributed by atoms with Crippen molar-refractivity contribution in [3.8, 4) is 0 Å². The predicted octanol–water partition coefficient (Wildman–Crippen LogP) is 1.78. The molecule has 102 valence electrons. The molecule has 1 unspecified atom stereocenters. The Morgan fingerprint density at radius 2 is 1.47 bits per heavy atom. The second kappa shape index (κ2) is 6.72. The average molecular weight is 241 g/mol. The number of hydrogen-bond acceptors (Lipinski definition) is 3. The smallest absolute Gasteiger partial charge is 0.0110 e. The van der Waals surface area contributed by atoms with E-state index in [1.807, 2.05) is 0 Å². The summed E-state index contributed by atoms with van der Waals surface area (Å²) in [5.74, 6) is 0. The van der Waals surface area contributed by atoms with Crippen LogP contribution in [0.25, 0.3) is 0 Å². The van der Waals surface area contributed by atoms with Crippen molar-refractivity contribution in [1.29, 1.82) is 0 Å². The lowest BCUT2D eigenvalue weighted by Crippen LogP contribution is -2.48. The third-order valence-electron chi connectivity index (χ3n) is 3.87. The van der Waals surface area contributed by atoms with Gasteiger partial charge in [-0.25, -0.2) is 0 Å². The van der Waals surface area contributed by atoms with E-state index in [9.17, 15) is 0 Å². The van der Waals surface area contributed by atoms with E-state index in [4.69, 9.17) is 5.73 Å². The van der Waals surface area contributed by atoms with Gasteiger partial charge in [-0.2, -0.15) is 0 Å². The Balaban J connectivity index is 2.18. The van der Waals surface area contributed by atoms with Gasteiger partial charge in [0.05, 0.1) is 0 Å². The molecule has 1 saturated heterocycles. The summed E-state index contributed by atoms with van der Waals surface area (Å²) < 4.78 is 0. The van der Waals surface area contributed by atoms with Crippen molar-refractivity contribution >= 4 is 0 Å². The highest BCUT2D eigenvalue weighted by molar-refractivity contribution is 4.79. The van der Waals surface area contributed by atoms with Crippen molar-refractivity contribution in [2.45, 2.75) is 46.6 Å². The fourth-order valence-electron chi connectivity index (χ4n) is 2.31. The van der Waals surface area contributed by atoms with Gasteiger partial charge in [-0.15, -0.1) is 0 Å². The minimum Gasteiger partial charge on any atom is -0.327 e. The molecular formula is C14H31N3. The summed E-state index contributed by atoms with van der Waals surface area (Å²) in [6, 6.07) is 0.316. The third kappa shape index (κ3) is 5.36. The Labute approximate surface area is 107 Å². The summed E-state index contributed by atoms with van der Waals surface area (Å²) in [5.41, 5.74) is 6.45. The van der Waals surface area contributed by atoms with Crippen LogP contribution in [0.15, 0.2) is 0 Å². The van der Waals surface area contributed by atoms with Crippen molar-refractivity contribution in [3.05, 3.63) is 0 Å². The molecule has 1 heterocycles. The predicted molar refractivity (Wildman–Crippen MR) is 75.2 cm³/mol. The van der Waals surface area contributed by atoms with Crippen molar-refractivity contribution in [3.63, 3.8) is 0 Å². The summed E-state index contributed by atoms with van der Waals surface area (Å²) in [6.07, 6.45) is 2.40. The van der Waals surface area contributed by atoms with Gasteiger partial charge in [-0.1, -0.05) is 27.7 Å². The maximum Gasteiger partial charge on any atom is 0.0110 e.